The van der Waals surface area contributed by atoms with E-state index < -0.39 is 10.0 Å². The molecule has 1 N–H and O–H groups in total. The van der Waals surface area contributed by atoms with Gasteiger partial charge in [-0.3, -0.25) is 0 Å². The van der Waals surface area contributed by atoms with Gasteiger partial charge in [0.15, 0.2) is 0 Å². The molecule has 0 spiro atoms. The van der Waals surface area contributed by atoms with Gasteiger partial charge in [-0.15, -0.1) is 0 Å². The molecular formula is C13H15FN2O3S. The first-order chi connectivity index (χ1) is 9.35. The number of aromatic nitrogens is 1. The van der Waals surface area contributed by atoms with E-state index >= 15 is 0 Å². The molecule has 2 rings (SSSR count). The van der Waals surface area contributed by atoms with Gasteiger partial charge in [0.1, 0.15) is 11.6 Å². The first-order valence-corrected chi connectivity index (χ1v) is 7.91. The first kappa shape index (κ1) is 14.7. The number of benzene rings is 1. The number of halogens is 1. The molecule has 0 aliphatic carbocycles. The smallest absolute Gasteiger partial charge is 0.226 e. The molecule has 0 unspecified atom stereocenters. The van der Waals surface area contributed by atoms with Gasteiger partial charge in [0.25, 0.3) is 0 Å². The van der Waals surface area contributed by atoms with E-state index in [1.165, 1.54) is 12.1 Å². The summed E-state index contributed by atoms with van der Waals surface area (Å²) in [6, 6.07) is 5.83. The molecule has 2 aromatic rings. The lowest BCUT2D eigenvalue weighted by Crippen LogP contribution is -2.24. The normalized spacial score (nSPS) is 11.8. The number of nitrogens with zero attached hydrogens (tertiary/aromatic N) is 1. The third kappa shape index (κ3) is 3.88. The van der Waals surface area contributed by atoms with Crippen LogP contribution in [0.25, 0.3) is 11.5 Å². The Bertz CT molecular complexity index is 693. The second kappa shape index (κ2) is 5.72. The average molecular weight is 298 g/mol. The second-order valence-corrected chi connectivity index (χ2v) is 6.28. The lowest BCUT2D eigenvalue weighted by Gasteiger charge is -1.99. The Morgan fingerprint density at radius 3 is 2.55 bits per heavy atom. The van der Waals surface area contributed by atoms with E-state index in [1.54, 1.807) is 19.1 Å². The Balaban J connectivity index is 2.11. The Morgan fingerprint density at radius 2 is 1.95 bits per heavy atom. The van der Waals surface area contributed by atoms with Gasteiger partial charge in [-0.05, 0) is 31.2 Å². The standard InChI is InChI=1S/C13H15FN2O3S/c1-9-12(7-8-15-20(2,17)18)16-13(19-9)10-3-5-11(14)6-4-10/h3-6,15H,7-8H2,1-2H3. The number of aryl methyl sites for hydroxylation is 1. The number of nitrogens with one attached hydrogen (secondary N) is 1. The largest absolute Gasteiger partial charge is 0.441 e. The molecule has 0 atom stereocenters. The molecule has 0 aliphatic rings. The average Bonchev–Trinajstić information content (AvgIpc) is 2.70. The Hall–Kier alpha value is -1.73. The second-order valence-electron chi connectivity index (χ2n) is 4.45. The molecule has 1 heterocycles. The number of sulfonamides is 1. The quantitative estimate of drug-likeness (QED) is 0.915. The van der Waals surface area contributed by atoms with E-state index in [-0.39, 0.29) is 12.4 Å². The van der Waals surface area contributed by atoms with Gasteiger partial charge in [-0.1, -0.05) is 0 Å². The van der Waals surface area contributed by atoms with Crippen molar-refractivity contribution in [2.24, 2.45) is 0 Å². The van der Waals surface area contributed by atoms with Gasteiger partial charge in [0.05, 0.1) is 11.9 Å². The van der Waals surface area contributed by atoms with Crippen LogP contribution in [0.2, 0.25) is 0 Å². The number of hydrogen-bond donors (Lipinski definition) is 1. The minimum Gasteiger partial charge on any atom is -0.441 e. The summed E-state index contributed by atoms with van der Waals surface area (Å²) in [6.45, 7) is 2.02. The van der Waals surface area contributed by atoms with Gasteiger partial charge in [0, 0.05) is 18.5 Å². The van der Waals surface area contributed by atoms with Crippen molar-refractivity contribution in [1.29, 1.82) is 0 Å². The maximum atomic E-state index is 12.8. The van der Waals surface area contributed by atoms with Crippen molar-refractivity contribution in [3.8, 4) is 11.5 Å². The van der Waals surface area contributed by atoms with Gasteiger partial charge >= 0.3 is 0 Å². The topological polar surface area (TPSA) is 72.2 Å². The molecular weight excluding hydrogens is 283 g/mol. The minimum absolute atomic E-state index is 0.259. The van der Waals surface area contributed by atoms with Crippen LogP contribution in [-0.2, 0) is 16.4 Å². The molecule has 0 amide bonds. The summed E-state index contributed by atoms with van der Waals surface area (Å²) >= 11 is 0. The van der Waals surface area contributed by atoms with Crippen LogP contribution in [-0.4, -0.2) is 26.2 Å². The van der Waals surface area contributed by atoms with E-state index in [0.29, 0.717) is 29.3 Å². The van der Waals surface area contributed by atoms with Gasteiger partial charge in [-0.25, -0.2) is 22.5 Å². The number of rotatable bonds is 5. The highest BCUT2D eigenvalue weighted by atomic mass is 32.2. The third-order valence-corrected chi connectivity index (χ3v) is 3.44. The van der Waals surface area contributed by atoms with E-state index in [9.17, 15) is 12.8 Å². The van der Waals surface area contributed by atoms with Gasteiger partial charge < -0.3 is 4.42 Å². The predicted octanol–water partition coefficient (Wildman–Crippen LogP) is 1.88. The van der Waals surface area contributed by atoms with Crippen LogP contribution in [0.4, 0.5) is 4.39 Å². The van der Waals surface area contributed by atoms with Crippen LogP contribution in [0.3, 0.4) is 0 Å². The molecule has 0 saturated carbocycles. The summed E-state index contributed by atoms with van der Waals surface area (Å²) in [7, 11) is -3.21. The molecule has 0 saturated heterocycles. The maximum absolute atomic E-state index is 12.8. The van der Waals surface area contributed by atoms with Gasteiger partial charge in [0.2, 0.25) is 15.9 Å². The van der Waals surface area contributed by atoms with E-state index in [2.05, 4.69) is 9.71 Å². The van der Waals surface area contributed by atoms with Crippen molar-refractivity contribution in [3.63, 3.8) is 0 Å². The molecule has 0 aliphatic heterocycles. The van der Waals surface area contributed by atoms with Crippen LogP contribution >= 0.6 is 0 Å². The molecule has 20 heavy (non-hydrogen) atoms. The molecule has 7 heteroatoms. The third-order valence-electron chi connectivity index (χ3n) is 2.71. The number of oxazole rings is 1. The highest BCUT2D eigenvalue weighted by molar-refractivity contribution is 7.88. The molecule has 108 valence electrons. The summed E-state index contributed by atoms with van der Waals surface area (Å²) in [6.07, 6.45) is 1.54. The van der Waals surface area contributed by atoms with Crippen LogP contribution < -0.4 is 4.72 Å². The molecule has 1 aromatic heterocycles. The van der Waals surface area contributed by atoms with Crippen molar-refractivity contribution < 1.29 is 17.2 Å². The van der Waals surface area contributed by atoms with Crippen molar-refractivity contribution >= 4 is 10.0 Å². The summed E-state index contributed by atoms with van der Waals surface area (Å²) in [4.78, 5) is 4.31. The summed E-state index contributed by atoms with van der Waals surface area (Å²) in [5.74, 6) is 0.700. The van der Waals surface area contributed by atoms with Crippen molar-refractivity contribution in [3.05, 3.63) is 41.5 Å². The predicted molar refractivity (Wildman–Crippen MR) is 73.2 cm³/mol. The zero-order chi connectivity index (χ0) is 14.8. The fraction of sp³-hybridized carbons (Fsp3) is 0.308. The Kier molecular flexibility index (Phi) is 4.20. The highest BCUT2D eigenvalue weighted by Crippen LogP contribution is 2.22. The van der Waals surface area contributed by atoms with Crippen LogP contribution in [0.15, 0.2) is 28.7 Å². The van der Waals surface area contributed by atoms with Crippen molar-refractivity contribution in [2.75, 3.05) is 12.8 Å². The first-order valence-electron chi connectivity index (χ1n) is 6.02. The molecule has 5 nitrogen and oxygen atoms in total. The summed E-state index contributed by atoms with van der Waals surface area (Å²) < 4.78 is 42.7. The van der Waals surface area contributed by atoms with E-state index in [4.69, 9.17) is 4.42 Å². The lowest BCUT2D eigenvalue weighted by atomic mass is 10.2. The highest BCUT2D eigenvalue weighted by Gasteiger charge is 2.12. The SMILES string of the molecule is Cc1oc(-c2ccc(F)cc2)nc1CCNS(C)(=O)=O. The van der Waals surface area contributed by atoms with Crippen molar-refractivity contribution in [1.82, 2.24) is 9.71 Å². The molecule has 1 aromatic carbocycles. The maximum Gasteiger partial charge on any atom is 0.226 e. The monoisotopic (exact) mass is 298 g/mol. The fourth-order valence-electron chi connectivity index (χ4n) is 1.73. The number of hydrogen-bond acceptors (Lipinski definition) is 4. The van der Waals surface area contributed by atoms with E-state index in [0.717, 1.165) is 6.26 Å². The fourth-order valence-corrected chi connectivity index (χ4v) is 2.20. The lowest BCUT2D eigenvalue weighted by molar-refractivity contribution is 0.538. The molecule has 0 fully saturated rings. The van der Waals surface area contributed by atoms with E-state index in [1.807, 2.05) is 0 Å². The van der Waals surface area contributed by atoms with Gasteiger partial charge in [-0.2, -0.15) is 0 Å². The van der Waals surface area contributed by atoms with Crippen LogP contribution in [0.1, 0.15) is 11.5 Å². The zero-order valence-electron chi connectivity index (χ0n) is 11.2. The Labute approximate surface area is 116 Å². The minimum atomic E-state index is -3.21. The van der Waals surface area contributed by atoms with Crippen molar-refractivity contribution in [2.45, 2.75) is 13.3 Å². The zero-order valence-corrected chi connectivity index (χ0v) is 12.0. The molecule has 0 bridgehead atoms. The summed E-state index contributed by atoms with van der Waals surface area (Å²) in [5.41, 5.74) is 1.36. The van der Waals surface area contributed by atoms with Crippen LogP contribution in [0, 0.1) is 12.7 Å². The molecule has 0 radical (unpaired) electrons. The van der Waals surface area contributed by atoms with Crippen LogP contribution in [0.5, 0.6) is 0 Å². The summed E-state index contributed by atoms with van der Waals surface area (Å²) in [5, 5.41) is 0. The Morgan fingerprint density at radius 1 is 1.30 bits per heavy atom.